The van der Waals surface area contributed by atoms with Crippen molar-refractivity contribution in [1.82, 2.24) is 15.0 Å². The summed E-state index contributed by atoms with van der Waals surface area (Å²) in [6.07, 6.45) is 1.85. The van der Waals surface area contributed by atoms with E-state index >= 15 is 0 Å². The first-order chi connectivity index (χ1) is 10.7. The number of fused-ring (bicyclic) bond motifs is 3. The highest BCUT2D eigenvalue weighted by Gasteiger charge is 2.14. The number of hydrogen-bond donors (Lipinski definition) is 3. The van der Waals surface area contributed by atoms with Gasteiger partial charge >= 0.3 is 0 Å². The third kappa shape index (κ3) is 2.63. The molecule has 2 aromatic heterocycles. The first kappa shape index (κ1) is 14.7. The van der Waals surface area contributed by atoms with Crippen LogP contribution in [0.2, 0.25) is 0 Å². The Kier molecular flexibility index (Phi) is 4.22. The highest BCUT2D eigenvalue weighted by atomic mass is 16.5. The van der Waals surface area contributed by atoms with Crippen molar-refractivity contribution in [1.29, 1.82) is 0 Å². The van der Waals surface area contributed by atoms with Crippen molar-refractivity contribution in [2.75, 3.05) is 18.9 Å². The molecule has 0 radical (unpaired) electrons. The van der Waals surface area contributed by atoms with Crippen molar-refractivity contribution in [2.45, 2.75) is 26.4 Å². The van der Waals surface area contributed by atoms with E-state index in [9.17, 15) is 0 Å². The summed E-state index contributed by atoms with van der Waals surface area (Å²) >= 11 is 0. The van der Waals surface area contributed by atoms with Gasteiger partial charge in [0.1, 0.15) is 17.9 Å². The minimum atomic E-state index is 0.442. The number of rotatable bonds is 6. The lowest BCUT2D eigenvalue weighted by Crippen LogP contribution is -2.01. The lowest BCUT2D eigenvalue weighted by molar-refractivity contribution is 0.129. The molecule has 0 atom stereocenters. The van der Waals surface area contributed by atoms with E-state index in [1.807, 2.05) is 19.1 Å². The summed E-state index contributed by atoms with van der Waals surface area (Å²) in [5, 5.41) is 1.08. The van der Waals surface area contributed by atoms with Crippen molar-refractivity contribution in [3.8, 4) is 0 Å². The Balaban J connectivity index is 2.19. The number of ether oxygens (including phenoxy) is 1. The topological polar surface area (TPSA) is 103 Å². The molecule has 0 aliphatic rings. The SMILES string of the molecule is CCOCc1nc2c(N)nc3cccc(CCCN)c3c2[nH]1. The molecule has 0 aliphatic heterocycles. The number of nitrogens with zero attached hydrogens (tertiary/aromatic N) is 2. The maximum atomic E-state index is 6.06. The molecule has 0 amide bonds. The maximum absolute atomic E-state index is 6.06. The van der Waals surface area contributed by atoms with Gasteiger partial charge in [0.05, 0.1) is 11.0 Å². The first-order valence-corrected chi connectivity index (χ1v) is 7.58. The van der Waals surface area contributed by atoms with Crippen molar-refractivity contribution in [2.24, 2.45) is 5.73 Å². The third-order valence-corrected chi connectivity index (χ3v) is 3.71. The summed E-state index contributed by atoms with van der Waals surface area (Å²) in [7, 11) is 0. The van der Waals surface area contributed by atoms with Gasteiger partial charge in [-0.05, 0) is 37.9 Å². The summed E-state index contributed by atoms with van der Waals surface area (Å²) < 4.78 is 5.42. The minimum Gasteiger partial charge on any atom is -0.382 e. The first-order valence-electron chi connectivity index (χ1n) is 7.58. The van der Waals surface area contributed by atoms with Crippen LogP contribution in [0.4, 0.5) is 5.82 Å². The summed E-state index contributed by atoms with van der Waals surface area (Å²) in [6.45, 7) is 3.71. The Morgan fingerprint density at radius 2 is 2.14 bits per heavy atom. The fourth-order valence-corrected chi connectivity index (χ4v) is 2.71. The fraction of sp³-hybridized carbons (Fsp3) is 0.375. The van der Waals surface area contributed by atoms with Crippen LogP contribution in [0.15, 0.2) is 18.2 Å². The van der Waals surface area contributed by atoms with Gasteiger partial charge in [-0.15, -0.1) is 0 Å². The van der Waals surface area contributed by atoms with Gasteiger partial charge in [-0.2, -0.15) is 0 Å². The molecule has 116 valence electrons. The molecule has 3 aromatic rings. The zero-order valence-electron chi connectivity index (χ0n) is 12.7. The number of nitrogens with two attached hydrogens (primary N) is 2. The fourth-order valence-electron chi connectivity index (χ4n) is 2.71. The van der Waals surface area contributed by atoms with Gasteiger partial charge < -0.3 is 21.2 Å². The molecule has 5 N–H and O–H groups in total. The lowest BCUT2D eigenvalue weighted by atomic mass is 10.0. The van der Waals surface area contributed by atoms with E-state index in [1.165, 1.54) is 5.56 Å². The van der Waals surface area contributed by atoms with Gasteiger partial charge in [0.25, 0.3) is 0 Å². The molecule has 3 rings (SSSR count). The second-order valence-electron chi connectivity index (χ2n) is 5.24. The molecule has 6 nitrogen and oxygen atoms in total. The summed E-state index contributed by atoms with van der Waals surface area (Å²) in [5.41, 5.74) is 15.4. The monoisotopic (exact) mass is 299 g/mol. The van der Waals surface area contributed by atoms with Crippen molar-refractivity contribution in [3.05, 3.63) is 29.6 Å². The van der Waals surface area contributed by atoms with Gasteiger partial charge in [-0.1, -0.05) is 12.1 Å². The van der Waals surface area contributed by atoms with Crippen molar-refractivity contribution < 1.29 is 4.74 Å². The van der Waals surface area contributed by atoms with E-state index in [-0.39, 0.29) is 0 Å². The molecule has 0 bridgehead atoms. The Hall–Kier alpha value is -2.18. The van der Waals surface area contributed by atoms with Crippen LogP contribution in [-0.4, -0.2) is 28.1 Å². The molecule has 0 spiro atoms. The number of hydrogen-bond acceptors (Lipinski definition) is 5. The van der Waals surface area contributed by atoms with Gasteiger partial charge in [-0.25, -0.2) is 9.97 Å². The number of aromatic amines is 1. The molecule has 2 heterocycles. The number of imidazole rings is 1. The van der Waals surface area contributed by atoms with Crippen LogP contribution >= 0.6 is 0 Å². The number of anilines is 1. The van der Waals surface area contributed by atoms with Crippen LogP contribution in [0, 0.1) is 0 Å². The number of pyridine rings is 1. The number of aromatic nitrogens is 3. The Morgan fingerprint density at radius 3 is 2.91 bits per heavy atom. The maximum Gasteiger partial charge on any atom is 0.152 e. The molecule has 22 heavy (non-hydrogen) atoms. The average molecular weight is 299 g/mol. The number of aryl methyl sites for hydroxylation is 1. The lowest BCUT2D eigenvalue weighted by Gasteiger charge is -2.07. The van der Waals surface area contributed by atoms with Gasteiger partial charge in [0.15, 0.2) is 5.82 Å². The summed E-state index contributed by atoms with van der Waals surface area (Å²) in [4.78, 5) is 12.4. The quantitative estimate of drug-likeness (QED) is 0.647. The van der Waals surface area contributed by atoms with E-state index in [2.05, 4.69) is 21.0 Å². The molecular weight excluding hydrogens is 278 g/mol. The average Bonchev–Trinajstić information content (AvgIpc) is 2.95. The molecule has 1 aromatic carbocycles. The highest BCUT2D eigenvalue weighted by Crippen LogP contribution is 2.29. The zero-order valence-corrected chi connectivity index (χ0v) is 12.7. The smallest absolute Gasteiger partial charge is 0.152 e. The molecular formula is C16H21N5O. The highest BCUT2D eigenvalue weighted by molar-refractivity contribution is 6.07. The standard InChI is InChI=1S/C16H21N5O/c1-2-22-9-12-20-14-13-10(6-4-8-17)5-3-7-11(13)19-16(18)15(14)21-12/h3,5,7H,2,4,6,8-9,17H2,1H3,(H2,18,19)(H,20,21). The van der Waals surface area contributed by atoms with Crippen LogP contribution in [0.1, 0.15) is 24.7 Å². The van der Waals surface area contributed by atoms with Gasteiger partial charge in [0.2, 0.25) is 0 Å². The van der Waals surface area contributed by atoms with Crippen LogP contribution in [0.25, 0.3) is 21.9 Å². The number of H-pyrrole nitrogens is 1. The van der Waals surface area contributed by atoms with Crippen LogP contribution in [0.3, 0.4) is 0 Å². The predicted octanol–water partition coefficient (Wildman–Crippen LogP) is 2.12. The molecule has 0 unspecified atom stereocenters. The molecule has 0 aliphatic carbocycles. The second-order valence-corrected chi connectivity index (χ2v) is 5.24. The summed E-state index contributed by atoms with van der Waals surface area (Å²) in [5.74, 6) is 1.21. The number of benzene rings is 1. The van der Waals surface area contributed by atoms with Gasteiger partial charge in [0, 0.05) is 12.0 Å². The Labute approximate surface area is 128 Å². The zero-order chi connectivity index (χ0) is 15.5. The number of nitrogens with one attached hydrogen (secondary N) is 1. The predicted molar refractivity (Wildman–Crippen MR) is 88.5 cm³/mol. The summed E-state index contributed by atoms with van der Waals surface area (Å²) in [6, 6.07) is 6.09. The van der Waals surface area contributed by atoms with Crippen molar-refractivity contribution >= 4 is 27.8 Å². The Morgan fingerprint density at radius 1 is 1.27 bits per heavy atom. The molecule has 0 saturated carbocycles. The number of nitrogen functional groups attached to an aromatic ring is 1. The van der Waals surface area contributed by atoms with E-state index in [4.69, 9.17) is 16.2 Å². The second kappa shape index (κ2) is 6.29. The minimum absolute atomic E-state index is 0.442. The Bertz CT molecular complexity index is 796. The van der Waals surface area contributed by atoms with Crippen LogP contribution < -0.4 is 11.5 Å². The molecule has 0 fully saturated rings. The van der Waals surface area contributed by atoms with Crippen LogP contribution in [0.5, 0.6) is 0 Å². The van der Waals surface area contributed by atoms with E-state index < -0.39 is 0 Å². The van der Waals surface area contributed by atoms with E-state index in [0.717, 1.165) is 35.1 Å². The van der Waals surface area contributed by atoms with E-state index in [1.54, 1.807) is 0 Å². The van der Waals surface area contributed by atoms with Gasteiger partial charge in [-0.3, -0.25) is 0 Å². The normalized spacial score (nSPS) is 11.5. The van der Waals surface area contributed by atoms with Crippen LogP contribution in [-0.2, 0) is 17.8 Å². The largest absolute Gasteiger partial charge is 0.382 e. The van der Waals surface area contributed by atoms with E-state index in [0.29, 0.717) is 31.1 Å². The third-order valence-electron chi connectivity index (χ3n) is 3.71. The molecule has 0 saturated heterocycles. The van der Waals surface area contributed by atoms with Crippen molar-refractivity contribution in [3.63, 3.8) is 0 Å². The molecule has 6 heteroatoms.